The van der Waals surface area contributed by atoms with Crippen molar-refractivity contribution in [3.8, 4) is 5.75 Å². The highest BCUT2D eigenvalue weighted by Crippen LogP contribution is 2.39. The number of benzene rings is 1. The molecule has 3 heteroatoms. The Bertz CT molecular complexity index is 365. The van der Waals surface area contributed by atoms with E-state index in [0.717, 1.165) is 36.2 Å². The van der Waals surface area contributed by atoms with E-state index in [4.69, 9.17) is 10.5 Å². The molecule has 0 spiro atoms. The number of ether oxygens (including phenoxy) is 1. The second kappa shape index (κ2) is 4.54. The van der Waals surface area contributed by atoms with Gasteiger partial charge in [0.15, 0.2) is 0 Å². The zero-order valence-electron chi connectivity index (χ0n) is 8.92. The number of aryl methyl sites for hydroxylation is 1. The van der Waals surface area contributed by atoms with Gasteiger partial charge in [-0.15, -0.1) is 0 Å². The summed E-state index contributed by atoms with van der Waals surface area (Å²) in [5.74, 6) is 1.64. The Morgan fingerprint density at radius 3 is 3.07 bits per heavy atom. The lowest BCUT2D eigenvalue weighted by Crippen LogP contribution is -2.17. The van der Waals surface area contributed by atoms with E-state index in [9.17, 15) is 0 Å². The minimum absolute atomic E-state index is 0.565. The van der Waals surface area contributed by atoms with Crippen LogP contribution in [-0.4, -0.2) is 13.2 Å². The van der Waals surface area contributed by atoms with Crippen LogP contribution in [0.1, 0.15) is 29.9 Å². The highest BCUT2D eigenvalue weighted by atomic mass is 79.9. The van der Waals surface area contributed by atoms with E-state index >= 15 is 0 Å². The van der Waals surface area contributed by atoms with Crippen LogP contribution in [0.5, 0.6) is 5.75 Å². The molecule has 0 saturated heterocycles. The van der Waals surface area contributed by atoms with Gasteiger partial charge in [0, 0.05) is 4.47 Å². The minimum Gasteiger partial charge on any atom is -0.493 e. The molecule has 0 aliphatic carbocycles. The SMILES string of the molecule is Cc1cc(Br)cc2c1OCCC2CCN. The van der Waals surface area contributed by atoms with E-state index < -0.39 is 0 Å². The maximum Gasteiger partial charge on any atom is 0.125 e. The summed E-state index contributed by atoms with van der Waals surface area (Å²) in [7, 11) is 0. The molecule has 82 valence electrons. The van der Waals surface area contributed by atoms with Crippen LogP contribution < -0.4 is 10.5 Å². The first-order valence-electron chi connectivity index (χ1n) is 5.35. The summed E-state index contributed by atoms with van der Waals surface area (Å²) in [6.45, 7) is 3.66. The zero-order chi connectivity index (χ0) is 10.8. The van der Waals surface area contributed by atoms with E-state index in [0.29, 0.717) is 5.92 Å². The Kier molecular flexibility index (Phi) is 3.32. The van der Waals surface area contributed by atoms with Crippen molar-refractivity contribution in [2.75, 3.05) is 13.2 Å². The lowest BCUT2D eigenvalue weighted by Gasteiger charge is -2.27. The van der Waals surface area contributed by atoms with Crippen molar-refractivity contribution in [3.63, 3.8) is 0 Å². The summed E-state index contributed by atoms with van der Waals surface area (Å²) >= 11 is 3.53. The van der Waals surface area contributed by atoms with Gasteiger partial charge in [-0.25, -0.2) is 0 Å². The molecule has 0 amide bonds. The molecule has 1 aromatic carbocycles. The predicted octanol–water partition coefficient (Wildman–Crippen LogP) is 2.97. The van der Waals surface area contributed by atoms with Gasteiger partial charge in [-0.2, -0.15) is 0 Å². The van der Waals surface area contributed by atoms with Crippen molar-refractivity contribution < 1.29 is 4.74 Å². The number of nitrogens with two attached hydrogens (primary N) is 1. The van der Waals surface area contributed by atoms with Crippen molar-refractivity contribution in [1.29, 1.82) is 0 Å². The van der Waals surface area contributed by atoms with E-state index in [2.05, 4.69) is 35.0 Å². The topological polar surface area (TPSA) is 35.2 Å². The molecule has 1 atom stereocenters. The Morgan fingerprint density at radius 2 is 2.33 bits per heavy atom. The van der Waals surface area contributed by atoms with E-state index in [1.54, 1.807) is 0 Å². The van der Waals surface area contributed by atoms with Gasteiger partial charge in [0.2, 0.25) is 0 Å². The molecule has 1 aliphatic heterocycles. The van der Waals surface area contributed by atoms with Crippen molar-refractivity contribution in [1.82, 2.24) is 0 Å². The monoisotopic (exact) mass is 269 g/mol. The molecular formula is C12H16BrNO. The minimum atomic E-state index is 0.565. The molecule has 15 heavy (non-hydrogen) atoms. The third kappa shape index (κ3) is 2.18. The van der Waals surface area contributed by atoms with Crippen LogP contribution in [0.2, 0.25) is 0 Å². The molecule has 0 radical (unpaired) electrons. The largest absolute Gasteiger partial charge is 0.493 e. The van der Waals surface area contributed by atoms with Crippen molar-refractivity contribution in [2.24, 2.45) is 5.73 Å². The number of hydrogen-bond acceptors (Lipinski definition) is 2. The van der Waals surface area contributed by atoms with Crippen LogP contribution in [0.4, 0.5) is 0 Å². The first-order chi connectivity index (χ1) is 7.22. The predicted molar refractivity (Wildman–Crippen MR) is 65.4 cm³/mol. The first-order valence-corrected chi connectivity index (χ1v) is 6.14. The molecule has 2 nitrogen and oxygen atoms in total. The Balaban J connectivity index is 2.41. The van der Waals surface area contributed by atoms with Gasteiger partial charge < -0.3 is 10.5 Å². The second-order valence-corrected chi connectivity index (χ2v) is 4.97. The van der Waals surface area contributed by atoms with Gasteiger partial charge >= 0.3 is 0 Å². The van der Waals surface area contributed by atoms with Gasteiger partial charge in [-0.3, -0.25) is 0 Å². The van der Waals surface area contributed by atoms with Crippen LogP contribution in [0.25, 0.3) is 0 Å². The molecule has 0 aromatic heterocycles. The maximum absolute atomic E-state index is 5.72. The smallest absolute Gasteiger partial charge is 0.125 e. The molecule has 2 rings (SSSR count). The fourth-order valence-electron chi connectivity index (χ4n) is 2.22. The van der Waals surface area contributed by atoms with Crippen LogP contribution in [0.3, 0.4) is 0 Å². The summed E-state index contributed by atoms with van der Waals surface area (Å²) in [4.78, 5) is 0. The van der Waals surface area contributed by atoms with Gasteiger partial charge in [0.05, 0.1) is 6.61 Å². The van der Waals surface area contributed by atoms with Crippen molar-refractivity contribution in [2.45, 2.75) is 25.7 Å². The summed E-state index contributed by atoms with van der Waals surface area (Å²) in [5.41, 5.74) is 8.17. The van der Waals surface area contributed by atoms with Gasteiger partial charge in [0.25, 0.3) is 0 Å². The van der Waals surface area contributed by atoms with Crippen LogP contribution in [0, 0.1) is 6.92 Å². The molecule has 1 heterocycles. The van der Waals surface area contributed by atoms with Gasteiger partial charge in [0.1, 0.15) is 5.75 Å². The molecular weight excluding hydrogens is 254 g/mol. The second-order valence-electron chi connectivity index (χ2n) is 4.05. The first kappa shape index (κ1) is 11.0. The number of rotatable bonds is 2. The molecule has 0 bridgehead atoms. The van der Waals surface area contributed by atoms with E-state index in [1.165, 1.54) is 11.1 Å². The molecule has 0 saturated carbocycles. The third-order valence-corrected chi connectivity index (χ3v) is 3.39. The average molecular weight is 270 g/mol. The fourth-order valence-corrected chi connectivity index (χ4v) is 2.81. The van der Waals surface area contributed by atoms with Crippen LogP contribution >= 0.6 is 15.9 Å². The summed E-state index contributed by atoms with van der Waals surface area (Å²) in [6.07, 6.45) is 2.13. The van der Waals surface area contributed by atoms with Crippen molar-refractivity contribution >= 4 is 15.9 Å². The number of fused-ring (bicyclic) bond motifs is 1. The zero-order valence-corrected chi connectivity index (χ0v) is 10.5. The summed E-state index contributed by atoms with van der Waals surface area (Å²) in [5, 5.41) is 0. The van der Waals surface area contributed by atoms with Crippen molar-refractivity contribution in [3.05, 3.63) is 27.7 Å². The van der Waals surface area contributed by atoms with Gasteiger partial charge in [-0.1, -0.05) is 15.9 Å². The Hall–Kier alpha value is -0.540. The lowest BCUT2D eigenvalue weighted by atomic mass is 9.89. The Labute approximate surface area is 98.9 Å². The van der Waals surface area contributed by atoms with E-state index in [-0.39, 0.29) is 0 Å². The average Bonchev–Trinajstić information content (AvgIpc) is 2.19. The van der Waals surface area contributed by atoms with Crippen LogP contribution in [0.15, 0.2) is 16.6 Å². The number of halogens is 1. The molecule has 1 aromatic rings. The fraction of sp³-hybridized carbons (Fsp3) is 0.500. The quantitative estimate of drug-likeness (QED) is 0.896. The molecule has 0 fully saturated rings. The summed E-state index contributed by atoms with van der Waals surface area (Å²) in [6, 6.07) is 4.27. The Morgan fingerprint density at radius 1 is 1.53 bits per heavy atom. The molecule has 2 N–H and O–H groups in total. The van der Waals surface area contributed by atoms with E-state index in [1.807, 2.05) is 0 Å². The van der Waals surface area contributed by atoms with Crippen LogP contribution in [-0.2, 0) is 0 Å². The lowest BCUT2D eigenvalue weighted by molar-refractivity contribution is 0.262. The number of hydrogen-bond donors (Lipinski definition) is 1. The molecule has 1 aliphatic rings. The highest BCUT2D eigenvalue weighted by molar-refractivity contribution is 9.10. The molecule has 1 unspecified atom stereocenters. The maximum atomic E-state index is 5.72. The summed E-state index contributed by atoms with van der Waals surface area (Å²) < 4.78 is 6.85. The highest BCUT2D eigenvalue weighted by Gasteiger charge is 2.22. The third-order valence-electron chi connectivity index (χ3n) is 2.94. The van der Waals surface area contributed by atoms with Gasteiger partial charge in [-0.05, 0) is 55.5 Å². The standard InChI is InChI=1S/C12H16BrNO/c1-8-6-10(13)7-11-9(2-4-14)3-5-15-12(8)11/h6-7,9H,2-5,14H2,1H3. The normalized spacial score (nSPS) is 19.5.